The van der Waals surface area contributed by atoms with Gasteiger partial charge < -0.3 is 40.6 Å². The average molecular weight is 680 g/mol. The average Bonchev–Trinajstić information content (AvgIpc) is 3.87. The summed E-state index contributed by atoms with van der Waals surface area (Å²) >= 11 is 0. The van der Waals surface area contributed by atoms with Crippen molar-refractivity contribution < 1.29 is 42.8 Å². The number of likely N-dealkylation sites (N-methyl/N-ethyl adjacent to an activating group) is 1. The minimum Gasteiger partial charge on any atom is -0.394 e. The van der Waals surface area contributed by atoms with E-state index in [0.717, 1.165) is 0 Å². The topological polar surface area (TPSA) is 275 Å². The summed E-state index contributed by atoms with van der Waals surface area (Å²) < 4.78 is 54.4. The second-order valence-corrected chi connectivity index (χ2v) is 13.3. The molecule has 3 aliphatic rings. The Labute approximate surface area is 265 Å². The van der Waals surface area contributed by atoms with Crippen LogP contribution in [0.5, 0.6) is 0 Å². The zero-order valence-corrected chi connectivity index (χ0v) is 26.0. The summed E-state index contributed by atoms with van der Waals surface area (Å²) in [4.78, 5) is 35.3. The Balaban J connectivity index is 1.09. The molecule has 22 heteroatoms. The molecule has 47 heavy (non-hydrogen) atoms. The lowest BCUT2D eigenvalue weighted by Gasteiger charge is -2.32. The highest BCUT2D eigenvalue weighted by Gasteiger charge is 2.46. The second kappa shape index (κ2) is 12.8. The van der Waals surface area contributed by atoms with Gasteiger partial charge in [-0.2, -0.15) is 4.98 Å². The van der Waals surface area contributed by atoms with E-state index in [2.05, 4.69) is 29.9 Å². The molecule has 7 heterocycles. The van der Waals surface area contributed by atoms with Gasteiger partial charge in [-0.3, -0.25) is 28.0 Å². The Hall–Kier alpha value is -3.63. The number of rotatable bonds is 11. The summed E-state index contributed by atoms with van der Waals surface area (Å²) in [5.74, 6) is 0.0972. The molecule has 0 amide bonds. The minimum absolute atomic E-state index is 0.0276. The fraction of sp³-hybridized carbons (Fsp3) is 0.600. The number of imidazole rings is 2. The van der Waals surface area contributed by atoms with E-state index in [1.165, 1.54) is 35.3 Å². The van der Waals surface area contributed by atoms with Gasteiger partial charge >= 0.3 is 7.75 Å². The van der Waals surface area contributed by atoms with Crippen molar-refractivity contribution in [3.63, 3.8) is 0 Å². The number of ether oxygens (including phenoxy) is 4. The Morgan fingerprint density at radius 2 is 1.74 bits per heavy atom. The molecule has 0 aliphatic carbocycles. The molecule has 3 fully saturated rings. The number of aliphatic hydroxyl groups is 2. The fourth-order valence-corrected chi connectivity index (χ4v) is 7.44. The zero-order chi connectivity index (χ0) is 32.9. The van der Waals surface area contributed by atoms with Crippen LogP contribution in [-0.2, 0) is 32.6 Å². The van der Waals surface area contributed by atoms with Gasteiger partial charge in [0.05, 0.1) is 51.7 Å². The number of aliphatic hydroxyl groups excluding tert-OH is 2. The second-order valence-electron chi connectivity index (χ2n) is 11.3. The molecular weight excluding hydrogens is 645 g/mol. The van der Waals surface area contributed by atoms with Crippen LogP contribution in [-0.4, -0.2) is 125 Å². The third kappa shape index (κ3) is 6.10. The van der Waals surface area contributed by atoms with E-state index in [1.54, 1.807) is 4.57 Å². The number of hydrogen-bond donors (Lipinski definition) is 5. The molecule has 3 aliphatic heterocycles. The summed E-state index contributed by atoms with van der Waals surface area (Å²) in [6, 6.07) is 0. The lowest BCUT2D eigenvalue weighted by Crippen LogP contribution is -2.35. The molecule has 3 saturated heterocycles. The van der Waals surface area contributed by atoms with E-state index in [1.807, 2.05) is 0 Å². The number of H-pyrrole nitrogens is 1. The monoisotopic (exact) mass is 679 g/mol. The molecule has 0 bridgehead atoms. The highest BCUT2D eigenvalue weighted by Crippen LogP contribution is 2.55. The molecule has 21 nitrogen and oxygen atoms in total. The lowest BCUT2D eigenvalue weighted by molar-refractivity contribution is -0.0647. The first-order chi connectivity index (χ1) is 22.6. The van der Waals surface area contributed by atoms with Crippen molar-refractivity contribution >= 4 is 41.8 Å². The van der Waals surface area contributed by atoms with Crippen LogP contribution >= 0.6 is 7.75 Å². The molecule has 0 spiro atoms. The number of aromatic amines is 1. The summed E-state index contributed by atoms with van der Waals surface area (Å²) in [5.41, 5.74) is 12.2. The van der Waals surface area contributed by atoms with E-state index >= 15 is 0 Å². The predicted molar refractivity (Wildman–Crippen MR) is 159 cm³/mol. The SMILES string of the molecule is CN(CC1OCCO1)P(=O)(OC[C@H]1O[C@@H](n2cnc3c(=O)[nH]c(N)nc32)C[C@@H]1O)O[C@H]1C[C@H](n2cnc3c(N)ncnc32)O[C@@H]1CO. The van der Waals surface area contributed by atoms with Crippen LogP contribution in [0.2, 0.25) is 0 Å². The van der Waals surface area contributed by atoms with E-state index in [-0.39, 0.29) is 48.9 Å². The first-order valence-electron chi connectivity index (χ1n) is 14.8. The van der Waals surface area contributed by atoms with Crippen molar-refractivity contribution in [2.24, 2.45) is 0 Å². The van der Waals surface area contributed by atoms with Crippen LogP contribution in [0.25, 0.3) is 22.3 Å². The number of anilines is 2. The van der Waals surface area contributed by atoms with Crippen LogP contribution in [0.1, 0.15) is 25.3 Å². The van der Waals surface area contributed by atoms with Crippen molar-refractivity contribution in [1.29, 1.82) is 0 Å². The van der Waals surface area contributed by atoms with Gasteiger partial charge in [0, 0.05) is 12.8 Å². The van der Waals surface area contributed by atoms with Crippen LogP contribution < -0.4 is 17.0 Å². The fourth-order valence-electron chi connectivity index (χ4n) is 5.79. The van der Waals surface area contributed by atoms with Crippen molar-refractivity contribution in [3.8, 4) is 0 Å². The number of nitrogen functional groups attached to an aromatic ring is 2. The highest BCUT2D eigenvalue weighted by molar-refractivity contribution is 7.51. The summed E-state index contributed by atoms with van der Waals surface area (Å²) in [7, 11) is -2.68. The van der Waals surface area contributed by atoms with Gasteiger partial charge in [0.15, 0.2) is 28.9 Å². The number of nitrogens with one attached hydrogen (secondary N) is 1. The molecule has 0 radical (unpaired) electrons. The quantitative estimate of drug-likeness (QED) is 0.117. The summed E-state index contributed by atoms with van der Waals surface area (Å²) in [6.45, 7) is -0.0186. The molecule has 0 saturated carbocycles. The smallest absolute Gasteiger partial charge is 0.394 e. The van der Waals surface area contributed by atoms with Crippen LogP contribution in [0, 0.1) is 0 Å². The molecule has 0 aromatic carbocycles. The molecular formula is C25H34N11O10P. The van der Waals surface area contributed by atoms with Gasteiger partial charge in [-0.1, -0.05) is 0 Å². The van der Waals surface area contributed by atoms with E-state index in [4.69, 9.17) is 39.5 Å². The zero-order valence-electron chi connectivity index (χ0n) is 25.1. The van der Waals surface area contributed by atoms with E-state index < -0.39 is 63.1 Å². The number of aromatic nitrogens is 8. The summed E-state index contributed by atoms with van der Waals surface area (Å²) in [6.07, 6.45) is -1.56. The minimum atomic E-state index is -4.21. The predicted octanol–water partition coefficient (Wildman–Crippen LogP) is -1.13. The Morgan fingerprint density at radius 1 is 1.04 bits per heavy atom. The Morgan fingerprint density at radius 3 is 2.51 bits per heavy atom. The lowest BCUT2D eigenvalue weighted by atomic mass is 10.2. The molecule has 254 valence electrons. The van der Waals surface area contributed by atoms with Crippen molar-refractivity contribution in [3.05, 3.63) is 29.3 Å². The molecule has 4 aromatic rings. The van der Waals surface area contributed by atoms with Gasteiger partial charge in [0.1, 0.15) is 42.6 Å². The van der Waals surface area contributed by atoms with E-state index in [0.29, 0.717) is 24.4 Å². The molecule has 4 aromatic heterocycles. The maximum Gasteiger partial charge on any atom is 0.408 e. The molecule has 1 unspecified atom stereocenters. The first kappa shape index (κ1) is 31.9. The number of nitrogens with two attached hydrogens (primary N) is 2. The van der Waals surface area contributed by atoms with Crippen molar-refractivity contribution in [1.82, 2.24) is 43.7 Å². The molecule has 7 rings (SSSR count). The first-order valence-corrected chi connectivity index (χ1v) is 16.3. The Bertz CT molecular complexity index is 1850. The molecule has 7 atom stereocenters. The third-order valence-corrected chi connectivity index (χ3v) is 10.2. The number of hydrogen-bond acceptors (Lipinski definition) is 17. The highest BCUT2D eigenvalue weighted by atomic mass is 31.2. The molecule has 7 N–H and O–H groups in total. The van der Waals surface area contributed by atoms with Gasteiger partial charge in [-0.05, 0) is 7.05 Å². The largest absolute Gasteiger partial charge is 0.408 e. The Kier molecular flexibility index (Phi) is 8.68. The van der Waals surface area contributed by atoms with Gasteiger partial charge in [0.2, 0.25) is 5.95 Å². The third-order valence-electron chi connectivity index (χ3n) is 8.22. The van der Waals surface area contributed by atoms with Crippen LogP contribution in [0.15, 0.2) is 23.8 Å². The maximum absolute atomic E-state index is 14.6. The summed E-state index contributed by atoms with van der Waals surface area (Å²) in [5, 5.41) is 21.1. The normalized spacial score (nSPS) is 28.3. The van der Waals surface area contributed by atoms with E-state index in [9.17, 15) is 19.6 Å². The van der Waals surface area contributed by atoms with Gasteiger partial charge in [-0.25, -0.2) is 29.2 Å². The standard InChI is InChI=1S/C25H34N11O10P/c1-34(6-18-41-2-3-42-18)47(40,46-13-5-17(44-14(13)7-37)35-10-30-19-21(26)28-9-29-22(19)35)43-8-15-12(38)4-16(45-15)36-11-31-20-23(36)32-25(27)33-24(20)39/h9-18,37-38H,2-8H2,1H3,(H2,26,28,29)(H3,27,32,33,39)/t12-,13-,14+,15+,16+,17+,47?/m0/s1. The number of fused-ring (bicyclic) bond motifs is 2. The van der Waals surface area contributed by atoms with Crippen LogP contribution in [0.3, 0.4) is 0 Å². The van der Waals surface area contributed by atoms with Crippen LogP contribution in [0.4, 0.5) is 11.8 Å². The van der Waals surface area contributed by atoms with Crippen molar-refractivity contribution in [2.45, 2.75) is 56.0 Å². The van der Waals surface area contributed by atoms with Gasteiger partial charge in [0.25, 0.3) is 5.56 Å². The maximum atomic E-state index is 14.6. The van der Waals surface area contributed by atoms with Gasteiger partial charge in [-0.15, -0.1) is 0 Å². The number of nitrogens with zero attached hydrogens (tertiary/aromatic N) is 8. The van der Waals surface area contributed by atoms with Crippen molar-refractivity contribution in [2.75, 3.05) is 51.5 Å².